The van der Waals surface area contributed by atoms with Crippen LogP contribution in [0.15, 0.2) is 66.9 Å². The van der Waals surface area contributed by atoms with Gasteiger partial charge >= 0.3 is 0 Å². The Morgan fingerprint density at radius 2 is 1.81 bits per heavy atom. The molecule has 0 bridgehead atoms. The smallest absolute Gasteiger partial charge is 0.124 e. The second kappa shape index (κ2) is 7.34. The average molecular weight is 350 g/mol. The van der Waals surface area contributed by atoms with E-state index < -0.39 is 0 Å². The zero-order chi connectivity index (χ0) is 17.9. The molecule has 2 heterocycles. The van der Waals surface area contributed by atoms with Crippen LogP contribution < -0.4 is 4.74 Å². The lowest BCUT2D eigenvalue weighted by Gasteiger charge is -2.31. The van der Waals surface area contributed by atoms with Crippen LogP contribution in [-0.4, -0.2) is 23.1 Å². The molecule has 0 amide bonds. The van der Waals surface area contributed by atoms with Gasteiger partial charge in [-0.2, -0.15) is 0 Å². The third-order valence-electron chi connectivity index (χ3n) is 5.09. The van der Waals surface area contributed by atoms with Crippen LogP contribution in [-0.2, 0) is 13.1 Å². The van der Waals surface area contributed by atoms with Crippen molar-refractivity contribution in [1.82, 2.24) is 9.47 Å². The molecule has 0 radical (unpaired) electrons. The van der Waals surface area contributed by atoms with Gasteiger partial charge < -0.3 is 9.30 Å². The van der Waals surface area contributed by atoms with Gasteiger partial charge in [-0.05, 0) is 42.3 Å². The van der Waals surface area contributed by atoms with E-state index in [0.717, 1.165) is 37.4 Å². The number of ether oxygens (including phenoxy) is 1. The highest BCUT2D eigenvalue weighted by Crippen LogP contribution is 2.37. The molecule has 1 unspecified atom stereocenters. The van der Waals surface area contributed by atoms with Crippen LogP contribution in [0.2, 0.25) is 0 Å². The second-order valence-electron chi connectivity index (χ2n) is 6.72. The monoisotopic (exact) mass is 350 g/mol. The van der Waals surface area contributed by atoms with Gasteiger partial charge in [0.15, 0.2) is 0 Å². The predicted molar refractivity (Wildman–Crippen MR) is 101 cm³/mol. The largest absolute Gasteiger partial charge is 0.496 e. The number of hydrogen-bond acceptors (Lipinski definition) is 2. The van der Waals surface area contributed by atoms with Crippen LogP contribution in [0.3, 0.4) is 0 Å². The fourth-order valence-electron chi connectivity index (χ4n) is 3.88. The minimum Gasteiger partial charge on any atom is -0.496 e. The number of nitrogens with zero attached hydrogens (tertiary/aromatic N) is 2. The van der Waals surface area contributed by atoms with Crippen molar-refractivity contribution in [2.24, 2.45) is 0 Å². The van der Waals surface area contributed by atoms with Crippen LogP contribution in [0.4, 0.5) is 4.39 Å². The molecule has 4 rings (SSSR count). The standard InChI is InChI=1S/C22H23FN2O/c1-26-21-8-3-2-6-19(21)22-20-7-4-13-24(20)14-5-15-25(22)16-17-9-11-18(23)12-10-17/h2-4,6-13,22H,5,14-16H2,1H3. The van der Waals surface area contributed by atoms with E-state index >= 15 is 0 Å². The Morgan fingerprint density at radius 1 is 1.00 bits per heavy atom. The molecule has 134 valence electrons. The maximum Gasteiger partial charge on any atom is 0.124 e. The minimum atomic E-state index is -0.195. The number of hydrogen-bond donors (Lipinski definition) is 0. The van der Waals surface area contributed by atoms with Crippen LogP contribution >= 0.6 is 0 Å². The first-order valence-electron chi connectivity index (χ1n) is 9.03. The first kappa shape index (κ1) is 16.9. The predicted octanol–water partition coefficient (Wildman–Crippen LogP) is 4.63. The molecule has 26 heavy (non-hydrogen) atoms. The van der Waals surface area contributed by atoms with Crippen LogP contribution in [0, 0.1) is 5.82 Å². The first-order chi connectivity index (χ1) is 12.8. The summed E-state index contributed by atoms with van der Waals surface area (Å²) in [5.41, 5.74) is 3.55. The summed E-state index contributed by atoms with van der Waals surface area (Å²) in [6.45, 7) is 2.75. The van der Waals surface area contributed by atoms with E-state index in [1.165, 1.54) is 23.4 Å². The third-order valence-corrected chi connectivity index (χ3v) is 5.09. The van der Waals surface area contributed by atoms with Gasteiger partial charge in [0.25, 0.3) is 0 Å². The van der Waals surface area contributed by atoms with Crippen LogP contribution in [0.1, 0.15) is 29.3 Å². The van der Waals surface area contributed by atoms with E-state index in [4.69, 9.17) is 4.74 Å². The fourth-order valence-corrected chi connectivity index (χ4v) is 3.88. The Kier molecular flexibility index (Phi) is 4.76. The summed E-state index contributed by atoms with van der Waals surface area (Å²) in [5, 5.41) is 0. The van der Waals surface area contributed by atoms with Crippen molar-refractivity contribution in [3.8, 4) is 5.75 Å². The molecule has 1 aromatic heterocycles. The molecular formula is C22H23FN2O. The fraction of sp³-hybridized carbons (Fsp3) is 0.273. The molecule has 1 aliphatic rings. The number of para-hydroxylation sites is 1. The highest BCUT2D eigenvalue weighted by atomic mass is 19.1. The van der Waals surface area contributed by atoms with Gasteiger partial charge in [0, 0.05) is 37.1 Å². The van der Waals surface area contributed by atoms with Gasteiger partial charge in [-0.1, -0.05) is 30.3 Å². The quantitative estimate of drug-likeness (QED) is 0.682. The molecule has 3 nitrogen and oxygen atoms in total. The van der Waals surface area contributed by atoms with E-state index in [9.17, 15) is 4.39 Å². The molecule has 0 aliphatic carbocycles. The highest BCUT2D eigenvalue weighted by Gasteiger charge is 2.29. The lowest BCUT2D eigenvalue weighted by molar-refractivity contribution is 0.216. The lowest BCUT2D eigenvalue weighted by atomic mass is 10.00. The summed E-state index contributed by atoms with van der Waals surface area (Å²) in [6.07, 6.45) is 3.23. The van der Waals surface area contributed by atoms with E-state index in [-0.39, 0.29) is 11.9 Å². The van der Waals surface area contributed by atoms with Crippen molar-refractivity contribution in [2.75, 3.05) is 13.7 Å². The molecule has 1 atom stereocenters. The molecule has 2 aromatic carbocycles. The van der Waals surface area contributed by atoms with Crippen molar-refractivity contribution < 1.29 is 9.13 Å². The Morgan fingerprint density at radius 3 is 2.62 bits per heavy atom. The number of fused-ring (bicyclic) bond motifs is 1. The molecule has 3 aromatic rings. The molecule has 0 saturated carbocycles. The Bertz CT molecular complexity index is 872. The van der Waals surface area contributed by atoms with Gasteiger partial charge in [-0.25, -0.2) is 4.39 Å². The van der Waals surface area contributed by atoms with Crippen molar-refractivity contribution in [3.05, 3.63) is 89.5 Å². The molecule has 4 heteroatoms. The summed E-state index contributed by atoms with van der Waals surface area (Å²) < 4.78 is 21.3. The molecule has 0 spiro atoms. The van der Waals surface area contributed by atoms with Crippen molar-refractivity contribution in [2.45, 2.75) is 25.6 Å². The highest BCUT2D eigenvalue weighted by molar-refractivity contribution is 5.41. The Hall–Kier alpha value is -2.59. The number of methoxy groups -OCH3 is 1. The summed E-state index contributed by atoms with van der Waals surface area (Å²) in [7, 11) is 1.72. The molecule has 1 aliphatic heterocycles. The average Bonchev–Trinajstić information content (AvgIpc) is 3.05. The van der Waals surface area contributed by atoms with Crippen LogP contribution in [0.25, 0.3) is 0 Å². The van der Waals surface area contributed by atoms with Gasteiger partial charge in [0.1, 0.15) is 11.6 Å². The van der Waals surface area contributed by atoms with Gasteiger partial charge in [-0.15, -0.1) is 0 Å². The number of aromatic nitrogens is 1. The van der Waals surface area contributed by atoms with Gasteiger partial charge in [0.05, 0.1) is 13.2 Å². The third kappa shape index (κ3) is 3.25. The first-order valence-corrected chi connectivity index (χ1v) is 9.03. The van der Waals surface area contributed by atoms with Crippen molar-refractivity contribution in [3.63, 3.8) is 0 Å². The van der Waals surface area contributed by atoms with Crippen LogP contribution in [0.5, 0.6) is 5.75 Å². The topological polar surface area (TPSA) is 17.4 Å². The normalized spacial score (nSPS) is 17.5. The zero-order valence-electron chi connectivity index (χ0n) is 14.9. The number of halogens is 1. The van der Waals surface area contributed by atoms with Gasteiger partial charge in [0.2, 0.25) is 0 Å². The SMILES string of the molecule is COc1ccccc1C1c2cccn2CCCN1Cc1ccc(F)cc1. The van der Waals surface area contributed by atoms with E-state index in [0.29, 0.717) is 0 Å². The molecule has 0 fully saturated rings. The van der Waals surface area contributed by atoms with E-state index in [2.05, 4.69) is 39.9 Å². The maximum absolute atomic E-state index is 13.3. The molecule has 0 N–H and O–H groups in total. The van der Waals surface area contributed by atoms with Crippen molar-refractivity contribution >= 4 is 0 Å². The molecule has 0 saturated heterocycles. The van der Waals surface area contributed by atoms with E-state index in [1.54, 1.807) is 7.11 Å². The Balaban J connectivity index is 1.76. The number of benzene rings is 2. The lowest BCUT2D eigenvalue weighted by Crippen LogP contribution is -2.29. The summed E-state index contributed by atoms with van der Waals surface area (Å²) >= 11 is 0. The second-order valence-corrected chi connectivity index (χ2v) is 6.72. The van der Waals surface area contributed by atoms with Crippen molar-refractivity contribution in [1.29, 1.82) is 0 Å². The van der Waals surface area contributed by atoms with Gasteiger partial charge in [-0.3, -0.25) is 4.90 Å². The summed E-state index contributed by atoms with van der Waals surface area (Å²) in [4.78, 5) is 2.46. The molecular weight excluding hydrogens is 327 g/mol. The minimum absolute atomic E-state index is 0.105. The Labute approximate surface area is 153 Å². The maximum atomic E-state index is 13.3. The summed E-state index contributed by atoms with van der Waals surface area (Å²) in [5.74, 6) is 0.705. The number of rotatable bonds is 4. The number of aryl methyl sites for hydroxylation is 1. The zero-order valence-corrected chi connectivity index (χ0v) is 14.9. The van der Waals surface area contributed by atoms with E-state index in [1.807, 2.05) is 24.3 Å². The summed E-state index contributed by atoms with van der Waals surface area (Å²) in [6, 6.07) is 19.5.